The lowest BCUT2D eigenvalue weighted by atomic mass is 10.3. The molecule has 1 N–H and O–H groups in total. The first-order chi connectivity index (χ1) is 11.8. The Morgan fingerprint density at radius 3 is 2.64 bits per heavy atom. The van der Waals surface area contributed by atoms with Gasteiger partial charge in [0.2, 0.25) is 11.7 Å². The van der Waals surface area contributed by atoms with Gasteiger partial charge in [0.1, 0.15) is 10.6 Å². The number of thiophene rings is 1. The smallest absolute Gasteiger partial charge is 0.263 e. The number of halogens is 1. The van der Waals surface area contributed by atoms with E-state index in [1.54, 1.807) is 26.0 Å². The quantitative estimate of drug-likeness (QED) is 0.699. The molecule has 2 aromatic heterocycles. The molecule has 0 aliphatic heterocycles. The van der Waals surface area contributed by atoms with Gasteiger partial charge in [-0.2, -0.15) is 4.98 Å². The fraction of sp³-hybridized carbons (Fsp3) is 0.200. The van der Waals surface area contributed by atoms with Gasteiger partial charge < -0.3 is 9.26 Å². The van der Waals surface area contributed by atoms with E-state index in [-0.39, 0.29) is 4.90 Å². The van der Waals surface area contributed by atoms with E-state index in [2.05, 4.69) is 14.9 Å². The van der Waals surface area contributed by atoms with Crippen molar-refractivity contribution in [2.45, 2.75) is 18.7 Å². The SMILES string of the molecule is COc1ccc(NS(=O)(=O)c2cc(-c3noc(C)n3)sc2C)cc1Cl. The summed E-state index contributed by atoms with van der Waals surface area (Å²) in [4.78, 5) is 5.50. The fourth-order valence-electron chi connectivity index (χ4n) is 2.18. The Bertz CT molecular complexity index is 1030. The second-order valence-electron chi connectivity index (χ2n) is 5.12. The standard InChI is InChI=1S/C15H14ClN3O4S2/c1-8-14(7-13(24-8)15-17-9(2)23-18-15)25(20,21)19-10-4-5-12(22-3)11(16)6-10/h4-7,19H,1-3H3. The second kappa shape index (κ2) is 6.66. The first-order valence-corrected chi connectivity index (χ1v) is 9.75. The summed E-state index contributed by atoms with van der Waals surface area (Å²) in [5.41, 5.74) is 0.341. The second-order valence-corrected chi connectivity index (χ2v) is 8.44. The van der Waals surface area contributed by atoms with E-state index in [0.29, 0.717) is 37.9 Å². The highest BCUT2D eigenvalue weighted by Gasteiger charge is 2.22. The molecular formula is C15H14ClN3O4S2. The summed E-state index contributed by atoms with van der Waals surface area (Å²) in [6.45, 7) is 3.39. The van der Waals surface area contributed by atoms with Crippen molar-refractivity contribution in [1.82, 2.24) is 10.1 Å². The molecular weight excluding hydrogens is 386 g/mol. The van der Waals surface area contributed by atoms with Crippen LogP contribution in [-0.4, -0.2) is 25.7 Å². The maximum absolute atomic E-state index is 12.7. The average molecular weight is 400 g/mol. The van der Waals surface area contributed by atoms with Crippen LogP contribution >= 0.6 is 22.9 Å². The minimum atomic E-state index is -3.79. The molecule has 0 aliphatic carbocycles. The lowest BCUT2D eigenvalue weighted by molar-refractivity contribution is 0.394. The van der Waals surface area contributed by atoms with E-state index < -0.39 is 10.0 Å². The van der Waals surface area contributed by atoms with E-state index in [0.717, 1.165) is 0 Å². The maximum atomic E-state index is 12.7. The van der Waals surface area contributed by atoms with Crippen molar-refractivity contribution in [2.75, 3.05) is 11.8 Å². The molecule has 0 bridgehead atoms. The monoisotopic (exact) mass is 399 g/mol. The van der Waals surface area contributed by atoms with Crippen LogP contribution < -0.4 is 9.46 Å². The number of ether oxygens (including phenoxy) is 1. The van der Waals surface area contributed by atoms with Crippen molar-refractivity contribution in [2.24, 2.45) is 0 Å². The van der Waals surface area contributed by atoms with Gasteiger partial charge in [-0.25, -0.2) is 8.42 Å². The van der Waals surface area contributed by atoms with Gasteiger partial charge in [-0.15, -0.1) is 11.3 Å². The number of aromatic nitrogens is 2. The third kappa shape index (κ3) is 3.63. The van der Waals surface area contributed by atoms with Crippen LogP contribution in [0.3, 0.4) is 0 Å². The normalized spacial score (nSPS) is 11.5. The van der Waals surface area contributed by atoms with E-state index in [1.807, 2.05) is 0 Å². The van der Waals surface area contributed by atoms with Gasteiger partial charge in [0.15, 0.2) is 0 Å². The molecule has 2 heterocycles. The zero-order valence-corrected chi connectivity index (χ0v) is 15.9. The van der Waals surface area contributed by atoms with Crippen molar-refractivity contribution in [1.29, 1.82) is 0 Å². The van der Waals surface area contributed by atoms with Crippen molar-refractivity contribution in [3.05, 3.63) is 40.1 Å². The molecule has 0 fully saturated rings. The minimum absolute atomic E-state index is 0.155. The lowest BCUT2D eigenvalue weighted by Crippen LogP contribution is -2.13. The number of hydrogen-bond donors (Lipinski definition) is 1. The summed E-state index contributed by atoms with van der Waals surface area (Å²) in [6, 6.07) is 6.18. The lowest BCUT2D eigenvalue weighted by Gasteiger charge is -2.09. The largest absolute Gasteiger partial charge is 0.495 e. The maximum Gasteiger partial charge on any atom is 0.263 e. The van der Waals surface area contributed by atoms with E-state index in [9.17, 15) is 8.42 Å². The molecule has 0 unspecified atom stereocenters. The van der Waals surface area contributed by atoms with E-state index in [4.69, 9.17) is 20.9 Å². The Hall–Kier alpha value is -2.10. The van der Waals surface area contributed by atoms with Gasteiger partial charge >= 0.3 is 0 Å². The molecule has 0 amide bonds. The van der Waals surface area contributed by atoms with Crippen molar-refractivity contribution in [3.8, 4) is 16.5 Å². The molecule has 0 saturated heterocycles. The molecule has 132 valence electrons. The zero-order valence-electron chi connectivity index (χ0n) is 13.5. The molecule has 3 aromatic rings. The highest BCUT2D eigenvalue weighted by Crippen LogP contribution is 2.34. The number of rotatable bonds is 5. The number of nitrogens with zero attached hydrogens (tertiary/aromatic N) is 2. The summed E-state index contributed by atoms with van der Waals surface area (Å²) < 4.78 is 37.9. The van der Waals surface area contributed by atoms with Crippen LogP contribution in [-0.2, 0) is 10.0 Å². The molecule has 0 radical (unpaired) electrons. The summed E-state index contributed by atoms with van der Waals surface area (Å²) in [7, 11) is -2.30. The van der Waals surface area contributed by atoms with Crippen molar-refractivity contribution < 1.29 is 17.7 Å². The summed E-state index contributed by atoms with van der Waals surface area (Å²) in [5.74, 6) is 1.24. The average Bonchev–Trinajstić information content (AvgIpc) is 3.13. The molecule has 25 heavy (non-hydrogen) atoms. The van der Waals surface area contributed by atoms with Gasteiger partial charge in [0, 0.05) is 11.8 Å². The first kappa shape index (κ1) is 17.7. The predicted octanol–water partition coefficient (Wildman–Crippen LogP) is 3.88. The number of hydrogen-bond acceptors (Lipinski definition) is 7. The molecule has 0 aliphatic rings. The summed E-state index contributed by atoms with van der Waals surface area (Å²) >= 11 is 7.31. The van der Waals surface area contributed by atoms with Crippen LogP contribution in [0.25, 0.3) is 10.7 Å². The van der Waals surface area contributed by atoms with Crippen LogP contribution in [0.1, 0.15) is 10.8 Å². The topological polar surface area (TPSA) is 94.3 Å². The number of aryl methyl sites for hydroxylation is 2. The Morgan fingerprint density at radius 1 is 1.28 bits per heavy atom. The van der Waals surface area contributed by atoms with Crippen molar-refractivity contribution in [3.63, 3.8) is 0 Å². The molecule has 7 nitrogen and oxygen atoms in total. The van der Waals surface area contributed by atoms with Gasteiger partial charge in [0.05, 0.1) is 22.7 Å². The fourth-order valence-corrected chi connectivity index (χ4v) is 5.01. The number of benzene rings is 1. The number of sulfonamides is 1. The summed E-state index contributed by atoms with van der Waals surface area (Å²) in [6.07, 6.45) is 0. The molecule has 3 rings (SSSR count). The highest BCUT2D eigenvalue weighted by atomic mass is 35.5. The van der Waals surface area contributed by atoms with Gasteiger partial charge in [-0.05, 0) is 31.2 Å². The summed E-state index contributed by atoms with van der Waals surface area (Å²) in [5, 5.41) is 4.13. The zero-order chi connectivity index (χ0) is 18.2. The number of nitrogens with one attached hydrogen (secondary N) is 1. The highest BCUT2D eigenvalue weighted by molar-refractivity contribution is 7.93. The van der Waals surface area contributed by atoms with Crippen LogP contribution in [0.4, 0.5) is 5.69 Å². The molecule has 1 aromatic carbocycles. The van der Waals surface area contributed by atoms with Crippen LogP contribution in [0.2, 0.25) is 5.02 Å². The number of methoxy groups -OCH3 is 1. The molecule has 0 atom stereocenters. The molecule has 0 spiro atoms. The predicted molar refractivity (Wildman–Crippen MR) is 95.9 cm³/mol. The first-order valence-electron chi connectivity index (χ1n) is 7.07. The van der Waals surface area contributed by atoms with Crippen LogP contribution in [0.5, 0.6) is 5.75 Å². The Labute approximate surface area is 153 Å². The third-order valence-corrected chi connectivity index (χ3v) is 6.29. The Morgan fingerprint density at radius 2 is 2.04 bits per heavy atom. The number of anilines is 1. The van der Waals surface area contributed by atoms with Gasteiger partial charge in [-0.1, -0.05) is 16.8 Å². The molecule has 0 saturated carbocycles. The van der Waals surface area contributed by atoms with Crippen molar-refractivity contribution >= 4 is 38.6 Å². The Kier molecular flexibility index (Phi) is 4.72. The van der Waals surface area contributed by atoms with Crippen LogP contribution in [0, 0.1) is 13.8 Å². The minimum Gasteiger partial charge on any atom is -0.495 e. The molecule has 10 heteroatoms. The third-order valence-electron chi connectivity index (χ3n) is 3.31. The van der Waals surface area contributed by atoms with Crippen LogP contribution in [0.15, 0.2) is 33.7 Å². The van der Waals surface area contributed by atoms with Gasteiger partial charge in [0.25, 0.3) is 10.0 Å². The van der Waals surface area contributed by atoms with Gasteiger partial charge in [-0.3, -0.25) is 4.72 Å². The van der Waals surface area contributed by atoms with E-state index in [1.165, 1.54) is 30.6 Å². The Balaban J connectivity index is 1.92. The van der Waals surface area contributed by atoms with E-state index >= 15 is 0 Å².